The minimum atomic E-state index is -1.01. The number of benzene rings is 2. The van der Waals surface area contributed by atoms with Crippen molar-refractivity contribution < 1.29 is 14.3 Å². The number of aromatic nitrogens is 1. The fourth-order valence-electron chi connectivity index (χ4n) is 1.90. The highest BCUT2D eigenvalue weighted by molar-refractivity contribution is 5.88. The molecule has 20 heavy (non-hydrogen) atoms. The van der Waals surface area contributed by atoms with Crippen molar-refractivity contribution in [2.75, 3.05) is 0 Å². The zero-order chi connectivity index (χ0) is 14.1. The molecule has 0 unspecified atom stereocenters. The predicted molar refractivity (Wildman–Crippen MR) is 72.7 cm³/mol. The molecule has 0 bridgehead atoms. The molecule has 3 rings (SSSR count). The van der Waals surface area contributed by atoms with E-state index in [1.807, 2.05) is 0 Å². The van der Waals surface area contributed by atoms with Gasteiger partial charge >= 0.3 is 11.6 Å². The zero-order valence-electron chi connectivity index (χ0n) is 10.2. The van der Waals surface area contributed by atoms with E-state index in [1.54, 1.807) is 36.4 Å². The molecule has 0 amide bonds. The van der Waals surface area contributed by atoms with E-state index in [0.29, 0.717) is 16.5 Å². The van der Waals surface area contributed by atoms with Crippen LogP contribution in [0.5, 0.6) is 0 Å². The second-order valence-electron chi connectivity index (χ2n) is 4.21. The summed E-state index contributed by atoms with van der Waals surface area (Å²) in [5, 5.41) is 9.26. The Labute approximate surface area is 113 Å². The Morgan fingerprint density at radius 1 is 1.05 bits per heavy atom. The van der Waals surface area contributed by atoms with Crippen molar-refractivity contribution in [3.8, 4) is 11.5 Å². The van der Waals surface area contributed by atoms with Gasteiger partial charge in [-0.2, -0.15) is 0 Å². The molecule has 0 radical (unpaired) electrons. The highest BCUT2D eigenvalue weighted by Crippen LogP contribution is 2.19. The van der Waals surface area contributed by atoms with Gasteiger partial charge in [-0.3, -0.25) is 0 Å². The molecule has 5 nitrogen and oxygen atoms in total. The summed E-state index contributed by atoms with van der Waals surface area (Å²) in [6, 6.07) is 12.9. The second-order valence-corrected chi connectivity index (χ2v) is 4.21. The molecule has 1 N–H and O–H groups in total. The highest BCUT2D eigenvalue weighted by atomic mass is 16.4. The van der Waals surface area contributed by atoms with E-state index in [-0.39, 0.29) is 11.5 Å². The van der Waals surface area contributed by atoms with Crippen LogP contribution >= 0.6 is 0 Å². The van der Waals surface area contributed by atoms with E-state index >= 15 is 0 Å². The van der Waals surface area contributed by atoms with Gasteiger partial charge < -0.3 is 9.52 Å². The van der Waals surface area contributed by atoms with Crippen molar-refractivity contribution in [1.82, 2.24) is 4.98 Å². The molecule has 0 spiro atoms. The maximum absolute atomic E-state index is 11.8. The van der Waals surface area contributed by atoms with Crippen LogP contribution in [0.15, 0.2) is 57.7 Å². The van der Waals surface area contributed by atoms with Crippen LogP contribution in [0.2, 0.25) is 0 Å². The van der Waals surface area contributed by atoms with Crippen molar-refractivity contribution in [3.05, 3.63) is 64.5 Å². The molecule has 2 aromatic carbocycles. The molecule has 0 aliphatic carbocycles. The van der Waals surface area contributed by atoms with Crippen LogP contribution in [0.25, 0.3) is 22.4 Å². The molecule has 0 saturated heterocycles. The smallest absolute Gasteiger partial charge is 0.347 e. The lowest BCUT2D eigenvalue weighted by molar-refractivity contribution is 0.0697. The van der Waals surface area contributed by atoms with E-state index in [0.717, 1.165) is 0 Å². The third-order valence-electron chi connectivity index (χ3n) is 2.91. The average molecular weight is 267 g/mol. The van der Waals surface area contributed by atoms with E-state index < -0.39 is 11.6 Å². The van der Waals surface area contributed by atoms with Gasteiger partial charge in [-0.15, -0.1) is 0 Å². The number of carboxylic acids is 1. The highest BCUT2D eigenvalue weighted by Gasteiger charge is 2.09. The molecule has 98 valence electrons. The Kier molecular flexibility index (Phi) is 2.80. The monoisotopic (exact) mass is 267 g/mol. The van der Waals surface area contributed by atoms with Crippen LogP contribution in [0, 0.1) is 0 Å². The van der Waals surface area contributed by atoms with Gasteiger partial charge in [0, 0.05) is 5.56 Å². The fraction of sp³-hybridized carbons (Fsp3) is 0. The molecule has 5 heteroatoms. The number of aromatic carboxylic acids is 1. The maximum atomic E-state index is 11.8. The minimum Gasteiger partial charge on any atom is -0.478 e. The van der Waals surface area contributed by atoms with Gasteiger partial charge in [-0.05, 0) is 36.4 Å². The van der Waals surface area contributed by atoms with E-state index in [9.17, 15) is 9.59 Å². The third-order valence-corrected chi connectivity index (χ3v) is 2.91. The number of rotatable bonds is 2. The number of fused-ring (bicyclic) bond motifs is 1. The van der Waals surface area contributed by atoms with E-state index in [4.69, 9.17) is 9.52 Å². The van der Waals surface area contributed by atoms with E-state index in [2.05, 4.69) is 4.98 Å². The quantitative estimate of drug-likeness (QED) is 0.771. The molecule has 1 aromatic heterocycles. The lowest BCUT2D eigenvalue weighted by Gasteiger charge is -2.02. The summed E-state index contributed by atoms with van der Waals surface area (Å²) in [6.45, 7) is 0. The summed E-state index contributed by atoms with van der Waals surface area (Å²) >= 11 is 0. The van der Waals surface area contributed by atoms with Gasteiger partial charge in [0.25, 0.3) is 0 Å². The molecular formula is C15H9NO4. The van der Waals surface area contributed by atoms with Gasteiger partial charge in [0.05, 0.1) is 16.5 Å². The van der Waals surface area contributed by atoms with Crippen molar-refractivity contribution >= 4 is 16.9 Å². The average Bonchev–Trinajstić information content (AvgIpc) is 2.47. The minimum absolute atomic E-state index is 0.164. The van der Waals surface area contributed by atoms with Gasteiger partial charge in [0.15, 0.2) is 0 Å². The summed E-state index contributed by atoms with van der Waals surface area (Å²) in [7, 11) is 0. The maximum Gasteiger partial charge on any atom is 0.347 e. The summed E-state index contributed by atoms with van der Waals surface area (Å²) < 4.78 is 5.16. The van der Waals surface area contributed by atoms with Gasteiger partial charge in [0.1, 0.15) is 0 Å². The predicted octanol–water partition coefficient (Wildman–Crippen LogP) is 2.55. The van der Waals surface area contributed by atoms with E-state index in [1.165, 1.54) is 12.1 Å². The van der Waals surface area contributed by atoms with Crippen LogP contribution in [-0.4, -0.2) is 16.1 Å². The van der Waals surface area contributed by atoms with Crippen LogP contribution in [-0.2, 0) is 0 Å². The van der Waals surface area contributed by atoms with Crippen molar-refractivity contribution in [3.63, 3.8) is 0 Å². The first-order valence-corrected chi connectivity index (χ1v) is 5.89. The molecule has 0 aliphatic rings. The van der Waals surface area contributed by atoms with Gasteiger partial charge in [0.2, 0.25) is 5.89 Å². The standard InChI is InChI=1S/C15H9NO4/c17-14(18)10-7-5-9(6-8-10)13-16-12-4-2-1-3-11(12)15(19)20-13/h1-8H,(H,17,18). The Bertz CT molecular complexity index is 850. The molecule has 0 aliphatic heterocycles. The number of hydrogen-bond donors (Lipinski definition) is 1. The summed E-state index contributed by atoms with van der Waals surface area (Å²) in [5.41, 5.74) is 0.795. The first-order valence-electron chi connectivity index (χ1n) is 5.89. The number of carboxylic acid groups (broad SMARTS) is 1. The lowest BCUT2D eigenvalue weighted by Crippen LogP contribution is -2.03. The molecule has 3 aromatic rings. The lowest BCUT2D eigenvalue weighted by atomic mass is 10.1. The normalized spacial score (nSPS) is 10.6. The second kappa shape index (κ2) is 4.62. The summed E-state index contributed by atoms with van der Waals surface area (Å²) in [5.74, 6) is -0.838. The van der Waals surface area contributed by atoms with Crippen LogP contribution < -0.4 is 5.63 Å². The van der Waals surface area contributed by atoms with Gasteiger partial charge in [-0.1, -0.05) is 12.1 Å². The molecule has 0 fully saturated rings. The Morgan fingerprint density at radius 2 is 1.75 bits per heavy atom. The Hall–Kier alpha value is -2.95. The van der Waals surface area contributed by atoms with Crippen molar-refractivity contribution in [2.24, 2.45) is 0 Å². The fourth-order valence-corrected chi connectivity index (χ4v) is 1.90. The largest absolute Gasteiger partial charge is 0.478 e. The molecular weight excluding hydrogens is 258 g/mol. The zero-order valence-corrected chi connectivity index (χ0v) is 10.2. The topological polar surface area (TPSA) is 80.4 Å². The van der Waals surface area contributed by atoms with Crippen LogP contribution in [0.1, 0.15) is 10.4 Å². The van der Waals surface area contributed by atoms with Gasteiger partial charge in [-0.25, -0.2) is 14.6 Å². The number of carbonyl (C=O) groups is 1. The number of para-hydroxylation sites is 1. The van der Waals surface area contributed by atoms with Crippen LogP contribution in [0.3, 0.4) is 0 Å². The number of hydrogen-bond acceptors (Lipinski definition) is 4. The number of nitrogens with zero attached hydrogens (tertiary/aromatic N) is 1. The summed E-state index contributed by atoms with van der Waals surface area (Å²) in [4.78, 5) is 26.9. The SMILES string of the molecule is O=C(O)c1ccc(-c2nc3ccccc3c(=O)o2)cc1. The Balaban J connectivity index is 2.14. The first-order chi connectivity index (χ1) is 9.65. The van der Waals surface area contributed by atoms with Crippen LogP contribution in [0.4, 0.5) is 0 Å². The molecule has 1 heterocycles. The third kappa shape index (κ3) is 2.05. The molecule has 0 saturated carbocycles. The molecule has 0 atom stereocenters. The van der Waals surface area contributed by atoms with Crippen molar-refractivity contribution in [2.45, 2.75) is 0 Å². The van der Waals surface area contributed by atoms with Crippen molar-refractivity contribution in [1.29, 1.82) is 0 Å². The summed E-state index contributed by atoms with van der Waals surface area (Å²) in [6.07, 6.45) is 0. The Morgan fingerprint density at radius 3 is 2.45 bits per heavy atom. The first kappa shape index (κ1) is 12.1.